The molecule has 0 aliphatic carbocycles. The van der Waals surface area contributed by atoms with Gasteiger partial charge in [-0.2, -0.15) is 4.98 Å². The summed E-state index contributed by atoms with van der Waals surface area (Å²) in [5, 5.41) is 9.23. The maximum atomic E-state index is 13.4. The molecule has 7 heteroatoms. The van der Waals surface area contributed by atoms with Crippen molar-refractivity contribution >= 4 is 5.97 Å². The Kier molecular flexibility index (Phi) is 3.51. The quantitative estimate of drug-likeness (QED) is 0.889. The van der Waals surface area contributed by atoms with Gasteiger partial charge in [0.2, 0.25) is 0 Å². The van der Waals surface area contributed by atoms with Gasteiger partial charge < -0.3 is 14.8 Å². The number of methoxy groups -OCH3 is 1. The minimum atomic E-state index is -1.27. The maximum Gasteiger partial charge on any atom is 0.345 e. The first-order valence-corrected chi connectivity index (χ1v) is 5.62. The molecule has 1 heterocycles. The lowest BCUT2D eigenvalue weighted by molar-refractivity contribution is 0.0696. The minimum absolute atomic E-state index is 0.110. The van der Waals surface area contributed by atoms with Crippen molar-refractivity contribution in [2.75, 3.05) is 7.11 Å². The van der Waals surface area contributed by atoms with Crippen molar-refractivity contribution in [3.8, 4) is 17.0 Å². The standard InChI is InChI=1S/C13H11FN2O4/c1-6-10(12(17)18)11(16-13(19)15-6)8-5-7(14)3-4-9(8)20-2/h3-5H,1-2H3,(H,17,18)(H,15,16,19). The monoisotopic (exact) mass is 278 g/mol. The van der Waals surface area contributed by atoms with Crippen LogP contribution in [0.3, 0.4) is 0 Å². The van der Waals surface area contributed by atoms with Gasteiger partial charge in [0.25, 0.3) is 0 Å². The van der Waals surface area contributed by atoms with Crippen molar-refractivity contribution in [1.82, 2.24) is 9.97 Å². The SMILES string of the molecule is COc1ccc(F)cc1-c1nc(=O)[nH]c(C)c1C(=O)O. The largest absolute Gasteiger partial charge is 0.496 e. The minimum Gasteiger partial charge on any atom is -0.496 e. The Balaban J connectivity index is 2.85. The Bertz CT molecular complexity index is 740. The van der Waals surface area contributed by atoms with E-state index in [1.807, 2.05) is 0 Å². The molecule has 6 nitrogen and oxygen atoms in total. The number of carbonyl (C=O) groups is 1. The van der Waals surface area contributed by atoms with Crippen molar-refractivity contribution in [2.45, 2.75) is 6.92 Å². The lowest BCUT2D eigenvalue weighted by Crippen LogP contribution is -2.18. The zero-order valence-corrected chi connectivity index (χ0v) is 10.7. The van der Waals surface area contributed by atoms with Gasteiger partial charge in [-0.1, -0.05) is 0 Å². The van der Waals surface area contributed by atoms with Gasteiger partial charge in [0, 0.05) is 11.3 Å². The first-order valence-electron chi connectivity index (χ1n) is 5.62. The van der Waals surface area contributed by atoms with Crippen LogP contribution in [0.2, 0.25) is 0 Å². The van der Waals surface area contributed by atoms with Crippen LogP contribution in [0.15, 0.2) is 23.0 Å². The third-order valence-electron chi connectivity index (χ3n) is 2.75. The van der Waals surface area contributed by atoms with E-state index < -0.39 is 17.5 Å². The third kappa shape index (κ3) is 2.37. The summed E-state index contributed by atoms with van der Waals surface area (Å²) in [6, 6.07) is 3.59. The number of ether oxygens (including phenoxy) is 1. The number of nitrogens with zero attached hydrogens (tertiary/aromatic N) is 1. The number of rotatable bonds is 3. The van der Waals surface area contributed by atoms with Gasteiger partial charge >= 0.3 is 11.7 Å². The summed E-state index contributed by atoms with van der Waals surface area (Å²) in [6.45, 7) is 1.43. The molecule has 2 N–H and O–H groups in total. The summed E-state index contributed by atoms with van der Waals surface area (Å²) in [5.41, 5.74) is -0.796. The fraction of sp³-hybridized carbons (Fsp3) is 0.154. The summed E-state index contributed by atoms with van der Waals surface area (Å²) in [4.78, 5) is 28.7. The highest BCUT2D eigenvalue weighted by molar-refractivity contribution is 5.96. The second-order valence-corrected chi connectivity index (χ2v) is 4.04. The molecule has 104 valence electrons. The number of H-pyrrole nitrogens is 1. The summed E-state index contributed by atoms with van der Waals surface area (Å²) in [6.07, 6.45) is 0. The molecule has 20 heavy (non-hydrogen) atoms. The highest BCUT2D eigenvalue weighted by Crippen LogP contribution is 2.31. The number of benzene rings is 1. The zero-order valence-electron chi connectivity index (χ0n) is 10.7. The van der Waals surface area contributed by atoms with Crippen molar-refractivity contribution in [1.29, 1.82) is 0 Å². The van der Waals surface area contributed by atoms with Crippen molar-refractivity contribution in [3.63, 3.8) is 0 Å². The van der Waals surface area contributed by atoms with Gasteiger partial charge in [0.05, 0.1) is 12.8 Å². The Morgan fingerprint density at radius 3 is 2.75 bits per heavy atom. The van der Waals surface area contributed by atoms with Crippen molar-refractivity contribution in [2.24, 2.45) is 0 Å². The molecule has 0 saturated carbocycles. The smallest absolute Gasteiger partial charge is 0.345 e. The van der Waals surface area contributed by atoms with Crippen molar-refractivity contribution < 1.29 is 19.0 Å². The van der Waals surface area contributed by atoms with Crippen LogP contribution in [0.4, 0.5) is 4.39 Å². The molecule has 0 aliphatic rings. The van der Waals surface area contributed by atoms with E-state index in [9.17, 15) is 19.1 Å². The van der Waals surface area contributed by atoms with Gasteiger partial charge in [-0.15, -0.1) is 0 Å². The molecule has 0 saturated heterocycles. The number of carboxylic acid groups (broad SMARTS) is 1. The fourth-order valence-electron chi connectivity index (χ4n) is 1.91. The molecule has 1 aromatic carbocycles. The van der Waals surface area contributed by atoms with Gasteiger partial charge in [-0.05, 0) is 25.1 Å². The lowest BCUT2D eigenvalue weighted by atomic mass is 10.0. The number of aromatic amines is 1. The van der Waals surface area contributed by atoms with E-state index in [-0.39, 0.29) is 28.3 Å². The molecule has 0 aliphatic heterocycles. The topological polar surface area (TPSA) is 92.3 Å². The molecule has 2 aromatic rings. The molecule has 0 bridgehead atoms. The number of aromatic carboxylic acids is 1. The van der Waals surface area contributed by atoms with E-state index in [2.05, 4.69) is 9.97 Å². The molecular weight excluding hydrogens is 267 g/mol. The van der Waals surface area contributed by atoms with Crippen molar-refractivity contribution in [3.05, 3.63) is 45.8 Å². The highest BCUT2D eigenvalue weighted by atomic mass is 19.1. The average molecular weight is 278 g/mol. The number of aryl methyl sites for hydroxylation is 1. The molecule has 0 unspecified atom stereocenters. The van der Waals surface area contributed by atoms with Gasteiger partial charge in [0.1, 0.15) is 17.1 Å². The van der Waals surface area contributed by atoms with Gasteiger partial charge in [0.15, 0.2) is 0 Å². The van der Waals surface area contributed by atoms with Crippen LogP contribution in [0.1, 0.15) is 16.1 Å². The Morgan fingerprint density at radius 1 is 1.45 bits per heavy atom. The highest BCUT2D eigenvalue weighted by Gasteiger charge is 2.21. The summed E-state index contributed by atoms with van der Waals surface area (Å²) >= 11 is 0. The number of aromatic nitrogens is 2. The number of hydrogen-bond donors (Lipinski definition) is 2. The van der Waals surface area contributed by atoms with E-state index in [1.165, 1.54) is 26.2 Å². The zero-order chi connectivity index (χ0) is 14.9. The predicted octanol–water partition coefficient (Wildman–Crippen LogP) is 1.59. The Labute approximate surface area is 112 Å². The Morgan fingerprint density at radius 2 is 2.15 bits per heavy atom. The van der Waals surface area contributed by atoms with E-state index in [4.69, 9.17) is 4.74 Å². The predicted molar refractivity (Wildman–Crippen MR) is 68.5 cm³/mol. The molecule has 0 spiro atoms. The lowest BCUT2D eigenvalue weighted by Gasteiger charge is -2.11. The number of carboxylic acids is 1. The molecule has 0 atom stereocenters. The number of halogens is 1. The van der Waals surface area contributed by atoms with Crippen LogP contribution < -0.4 is 10.4 Å². The molecule has 0 fully saturated rings. The summed E-state index contributed by atoms with van der Waals surface area (Å²) < 4.78 is 18.4. The van der Waals surface area contributed by atoms with Crippen LogP contribution in [0, 0.1) is 12.7 Å². The third-order valence-corrected chi connectivity index (χ3v) is 2.75. The van der Waals surface area contributed by atoms with E-state index in [0.717, 1.165) is 6.07 Å². The van der Waals surface area contributed by atoms with E-state index in [1.54, 1.807) is 0 Å². The van der Waals surface area contributed by atoms with Crippen LogP contribution >= 0.6 is 0 Å². The Hall–Kier alpha value is -2.70. The second kappa shape index (κ2) is 5.12. The van der Waals surface area contributed by atoms with E-state index in [0.29, 0.717) is 0 Å². The van der Waals surface area contributed by atoms with Crippen LogP contribution in [0.25, 0.3) is 11.3 Å². The number of hydrogen-bond acceptors (Lipinski definition) is 4. The average Bonchev–Trinajstić information content (AvgIpc) is 2.37. The molecule has 2 rings (SSSR count). The fourth-order valence-corrected chi connectivity index (χ4v) is 1.91. The van der Waals surface area contributed by atoms with E-state index >= 15 is 0 Å². The molecule has 0 amide bonds. The summed E-state index contributed by atoms with van der Waals surface area (Å²) in [7, 11) is 1.36. The van der Waals surface area contributed by atoms with Crippen LogP contribution in [-0.2, 0) is 0 Å². The first kappa shape index (κ1) is 13.7. The summed E-state index contributed by atoms with van der Waals surface area (Å²) in [5.74, 6) is -1.63. The maximum absolute atomic E-state index is 13.4. The molecular formula is C13H11FN2O4. The number of nitrogens with one attached hydrogen (secondary N) is 1. The van der Waals surface area contributed by atoms with Gasteiger partial charge in [-0.3, -0.25) is 0 Å². The van der Waals surface area contributed by atoms with Crippen LogP contribution in [-0.4, -0.2) is 28.2 Å². The van der Waals surface area contributed by atoms with Gasteiger partial charge in [-0.25, -0.2) is 14.0 Å². The second-order valence-electron chi connectivity index (χ2n) is 4.04. The first-order chi connectivity index (χ1) is 9.43. The van der Waals surface area contributed by atoms with Crippen LogP contribution in [0.5, 0.6) is 5.75 Å². The molecule has 1 aromatic heterocycles. The normalized spacial score (nSPS) is 10.3. The molecule has 0 radical (unpaired) electrons.